The van der Waals surface area contributed by atoms with E-state index in [-0.39, 0.29) is 23.7 Å². The summed E-state index contributed by atoms with van der Waals surface area (Å²) in [5.74, 6) is -0.954. The number of benzene rings is 1. The highest BCUT2D eigenvalue weighted by atomic mass is 16.5. The first kappa shape index (κ1) is 16.3. The average Bonchev–Trinajstić information content (AvgIpc) is 2.47. The molecule has 1 fully saturated rings. The number of ether oxygens (including phenoxy) is 1. The summed E-state index contributed by atoms with van der Waals surface area (Å²) in [6.45, 7) is 3.06. The van der Waals surface area contributed by atoms with Gasteiger partial charge in [-0.1, -0.05) is 12.1 Å². The summed E-state index contributed by atoms with van der Waals surface area (Å²) in [4.78, 5) is 24.5. The highest BCUT2D eigenvalue weighted by Gasteiger charge is 2.34. The third-order valence-corrected chi connectivity index (χ3v) is 3.98. The van der Waals surface area contributed by atoms with Crippen molar-refractivity contribution in [3.8, 4) is 0 Å². The van der Waals surface area contributed by atoms with Crippen molar-refractivity contribution >= 4 is 12.0 Å². The normalized spacial score (nSPS) is 20.1. The molecule has 1 saturated carbocycles. The highest BCUT2D eigenvalue weighted by Crippen LogP contribution is 2.27. The number of carboxylic acid groups (broad SMARTS) is 1. The molecular formula is C16H22N2O4. The lowest BCUT2D eigenvalue weighted by atomic mass is 9.88. The van der Waals surface area contributed by atoms with Crippen LogP contribution in [0.3, 0.4) is 0 Å². The molecule has 2 rings (SSSR count). The molecule has 1 aliphatic rings. The number of nitrogens with one attached hydrogen (secondary N) is 1. The van der Waals surface area contributed by atoms with Crippen LogP contribution in [0.5, 0.6) is 0 Å². The maximum Gasteiger partial charge on any atom is 0.335 e. The van der Waals surface area contributed by atoms with Crippen molar-refractivity contribution in [2.75, 3.05) is 13.7 Å². The van der Waals surface area contributed by atoms with Crippen LogP contribution in [0, 0.1) is 0 Å². The number of aromatic carboxylic acids is 1. The van der Waals surface area contributed by atoms with E-state index in [4.69, 9.17) is 9.84 Å². The first-order chi connectivity index (χ1) is 10.5. The van der Waals surface area contributed by atoms with E-state index in [1.807, 2.05) is 6.92 Å². The molecule has 0 radical (unpaired) electrons. The average molecular weight is 306 g/mol. The molecule has 0 spiro atoms. The summed E-state index contributed by atoms with van der Waals surface area (Å²) in [5.41, 5.74) is 1.11. The van der Waals surface area contributed by atoms with E-state index in [1.54, 1.807) is 24.1 Å². The zero-order valence-electron chi connectivity index (χ0n) is 12.9. The Bertz CT molecular complexity index is 523. The largest absolute Gasteiger partial charge is 0.478 e. The number of rotatable bonds is 6. The summed E-state index contributed by atoms with van der Waals surface area (Å²) in [7, 11) is 1.79. The number of nitrogens with zero attached hydrogens (tertiary/aromatic N) is 1. The zero-order valence-corrected chi connectivity index (χ0v) is 12.9. The minimum absolute atomic E-state index is 0.123. The van der Waals surface area contributed by atoms with Gasteiger partial charge in [0, 0.05) is 26.2 Å². The summed E-state index contributed by atoms with van der Waals surface area (Å²) in [6, 6.07) is 6.59. The SMILES string of the molecule is CCOC1CC(N(C)C(=O)NCc2ccc(C(=O)O)cc2)C1. The van der Waals surface area contributed by atoms with Gasteiger partial charge in [0.05, 0.1) is 11.7 Å². The van der Waals surface area contributed by atoms with Gasteiger partial charge in [-0.25, -0.2) is 9.59 Å². The Morgan fingerprint density at radius 1 is 1.32 bits per heavy atom. The molecule has 0 atom stereocenters. The van der Waals surface area contributed by atoms with Gasteiger partial charge in [-0.2, -0.15) is 0 Å². The number of carbonyl (C=O) groups is 2. The van der Waals surface area contributed by atoms with Crippen molar-refractivity contribution in [2.45, 2.75) is 38.5 Å². The molecule has 2 amide bonds. The second kappa shape index (κ2) is 7.26. The van der Waals surface area contributed by atoms with Crippen LogP contribution in [0.1, 0.15) is 35.7 Å². The Balaban J connectivity index is 1.76. The molecule has 1 aliphatic carbocycles. The van der Waals surface area contributed by atoms with E-state index in [9.17, 15) is 9.59 Å². The van der Waals surface area contributed by atoms with E-state index < -0.39 is 5.97 Å². The van der Waals surface area contributed by atoms with E-state index in [2.05, 4.69) is 5.32 Å². The van der Waals surface area contributed by atoms with E-state index in [1.165, 1.54) is 12.1 Å². The number of urea groups is 1. The quantitative estimate of drug-likeness (QED) is 0.843. The molecule has 120 valence electrons. The Labute approximate surface area is 130 Å². The Hall–Kier alpha value is -2.08. The highest BCUT2D eigenvalue weighted by molar-refractivity contribution is 5.87. The van der Waals surface area contributed by atoms with Crippen LogP contribution >= 0.6 is 0 Å². The van der Waals surface area contributed by atoms with Crippen LogP contribution in [-0.4, -0.2) is 47.8 Å². The smallest absolute Gasteiger partial charge is 0.335 e. The maximum absolute atomic E-state index is 12.1. The molecule has 0 aromatic heterocycles. The minimum atomic E-state index is -0.954. The monoisotopic (exact) mass is 306 g/mol. The lowest BCUT2D eigenvalue weighted by Gasteiger charge is -2.40. The van der Waals surface area contributed by atoms with Crippen molar-refractivity contribution < 1.29 is 19.4 Å². The number of amides is 2. The van der Waals surface area contributed by atoms with Crippen molar-refractivity contribution in [1.82, 2.24) is 10.2 Å². The Morgan fingerprint density at radius 2 is 1.95 bits per heavy atom. The van der Waals surface area contributed by atoms with E-state index in [0.29, 0.717) is 13.2 Å². The number of hydrogen-bond acceptors (Lipinski definition) is 3. The van der Waals surface area contributed by atoms with Crippen molar-refractivity contribution in [1.29, 1.82) is 0 Å². The number of carboxylic acids is 1. The number of carbonyl (C=O) groups excluding carboxylic acids is 1. The van der Waals surface area contributed by atoms with Gasteiger partial charge in [-0.3, -0.25) is 0 Å². The fraction of sp³-hybridized carbons (Fsp3) is 0.500. The zero-order chi connectivity index (χ0) is 16.1. The first-order valence-corrected chi connectivity index (χ1v) is 7.45. The molecule has 0 heterocycles. The molecular weight excluding hydrogens is 284 g/mol. The predicted molar refractivity (Wildman–Crippen MR) is 81.8 cm³/mol. The van der Waals surface area contributed by atoms with E-state index in [0.717, 1.165) is 18.4 Å². The van der Waals surface area contributed by atoms with Crippen LogP contribution in [0.2, 0.25) is 0 Å². The molecule has 6 nitrogen and oxygen atoms in total. The second-order valence-corrected chi connectivity index (χ2v) is 5.47. The fourth-order valence-corrected chi connectivity index (χ4v) is 2.46. The van der Waals surface area contributed by atoms with Crippen LogP contribution < -0.4 is 5.32 Å². The van der Waals surface area contributed by atoms with Gasteiger partial charge in [-0.05, 0) is 37.5 Å². The minimum Gasteiger partial charge on any atom is -0.478 e. The molecule has 0 bridgehead atoms. The molecule has 6 heteroatoms. The van der Waals surface area contributed by atoms with Crippen LogP contribution in [0.15, 0.2) is 24.3 Å². The lowest BCUT2D eigenvalue weighted by Crippen LogP contribution is -2.51. The Kier molecular flexibility index (Phi) is 5.38. The van der Waals surface area contributed by atoms with Crippen LogP contribution in [-0.2, 0) is 11.3 Å². The van der Waals surface area contributed by atoms with Crippen LogP contribution in [0.25, 0.3) is 0 Å². The van der Waals surface area contributed by atoms with Gasteiger partial charge in [0.1, 0.15) is 0 Å². The molecule has 0 unspecified atom stereocenters. The summed E-state index contributed by atoms with van der Waals surface area (Å²) >= 11 is 0. The molecule has 1 aromatic rings. The van der Waals surface area contributed by atoms with Gasteiger partial charge in [0.2, 0.25) is 0 Å². The van der Waals surface area contributed by atoms with Gasteiger partial charge < -0.3 is 20.1 Å². The standard InChI is InChI=1S/C16H22N2O4/c1-3-22-14-8-13(9-14)18(2)16(21)17-10-11-4-6-12(7-5-11)15(19)20/h4-7,13-14H,3,8-10H2,1-2H3,(H,17,21)(H,19,20). The van der Waals surface area contributed by atoms with Crippen molar-refractivity contribution in [2.24, 2.45) is 0 Å². The lowest BCUT2D eigenvalue weighted by molar-refractivity contribution is -0.0308. The molecule has 22 heavy (non-hydrogen) atoms. The summed E-state index contributed by atoms with van der Waals surface area (Å²) < 4.78 is 5.49. The topological polar surface area (TPSA) is 78.9 Å². The first-order valence-electron chi connectivity index (χ1n) is 7.45. The maximum atomic E-state index is 12.1. The molecule has 2 N–H and O–H groups in total. The van der Waals surface area contributed by atoms with E-state index >= 15 is 0 Å². The Morgan fingerprint density at radius 3 is 2.50 bits per heavy atom. The van der Waals surface area contributed by atoms with Crippen molar-refractivity contribution in [3.63, 3.8) is 0 Å². The third kappa shape index (κ3) is 3.98. The third-order valence-electron chi connectivity index (χ3n) is 3.98. The molecule has 1 aromatic carbocycles. The van der Waals surface area contributed by atoms with Crippen molar-refractivity contribution in [3.05, 3.63) is 35.4 Å². The number of hydrogen-bond donors (Lipinski definition) is 2. The van der Waals surface area contributed by atoms with Gasteiger partial charge >= 0.3 is 12.0 Å². The fourth-order valence-electron chi connectivity index (χ4n) is 2.46. The van der Waals surface area contributed by atoms with Crippen LogP contribution in [0.4, 0.5) is 4.79 Å². The molecule has 0 aliphatic heterocycles. The summed E-state index contributed by atoms with van der Waals surface area (Å²) in [5, 5.41) is 11.7. The molecule has 0 saturated heterocycles. The summed E-state index contributed by atoms with van der Waals surface area (Å²) in [6.07, 6.45) is 2.03. The second-order valence-electron chi connectivity index (χ2n) is 5.47. The predicted octanol–water partition coefficient (Wildman–Crippen LogP) is 2.09. The van der Waals surface area contributed by atoms with Gasteiger partial charge in [0.15, 0.2) is 0 Å². The van der Waals surface area contributed by atoms with Gasteiger partial charge in [-0.15, -0.1) is 0 Å². The van der Waals surface area contributed by atoms with Gasteiger partial charge in [0.25, 0.3) is 0 Å².